The van der Waals surface area contributed by atoms with Crippen LogP contribution in [0.15, 0.2) is 47.6 Å². The van der Waals surface area contributed by atoms with Crippen molar-refractivity contribution in [2.75, 3.05) is 20.1 Å². The molecule has 24 heavy (non-hydrogen) atoms. The zero-order valence-corrected chi connectivity index (χ0v) is 14.2. The standard InChI is InChI=1S/C16H20N4O3S/c1-17-24(22,23)15-7-5-13(6-8-15)16(21)19-10-2-4-14(12-19)20-11-3-9-18-20/h3,5-9,11,14,17H,2,4,10,12H2,1H3/t14-/m1/s1. The minimum atomic E-state index is -3.49. The molecule has 0 bridgehead atoms. The van der Waals surface area contributed by atoms with E-state index in [1.165, 1.54) is 19.2 Å². The Labute approximate surface area is 141 Å². The van der Waals surface area contributed by atoms with Gasteiger partial charge < -0.3 is 4.90 Å². The molecule has 1 fully saturated rings. The van der Waals surface area contributed by atoms with Crippen LogP contribution in [0.4, 0.5) is 0 Å². The molecule has 2 heterocycles. The second kappa shape index (κ2) is 6.74. The minimum Gasteiger partial charge on any atom is -0.337 e. The summed E-state index contributed by atoms with van der Waals surface area (Å²) in [6.07, 6.45) is 5.56. The average Bonchev–Trinajstić information content (AvgIpc) is 3.16. The Kier molecular flexibility index (Phi) is 4.68. The van der Waals surface area contributed by atoms with Crippen molar-refractivity contribution in [2.45, 2.75) is 23.8 Å². The summed E-state index contributed by atoms with van der Waals surface area (Å²) in [6.45, 7) is 1.31. The number of benzene rings is 1. The zero-order chi connectivity index (χ0) is 17.2. The second-order valence-corrected chi connectivity index (χ2v) is 7.65. The van der Waals surface area contributed by atoms with Crippen molar-refractivity contribution in [3.8, 4) is 0 Å². The average molecular weight is 348 g/mol. The molecule has 0 radical (unpaired) electrons. The molecule has 8 heteroatoms. The number of hydrogen-bond acceptors (Lipinski definition) is 4. The van der Waals surface area contributed by atoms with Gasteiger partial charge >= 0.3 is 0 Å². The molecule has 7 nitrogen and oxygen atoms in total. The van der Waals surface area contributed by atoms with Crippen LogP contribution < -0.4 is 4.72 Å². The Balaban J connectivity index is 1.74. The number of carbonyl (C=O) groups excluding carboxylic acids is 1. The van der Waals surface area contributed by atoms with Crippen molar-refractivity contribution in [3.05, 3.63) is 48.3 Å². The zero-order valence-electron chi connectivity index (χ0n) is 13.4. The van der Waals surface area contributed by atoms with E-state index in [4.69, 9.17) is 0 Å². The first kappa shape index (κ1) is 16.7. The first-order chi connectivity index (χ1) is 11.5. The van der Waals surface area contributed by atoms with E-state index >= 15 is 0 Å². The van der Waals surface area contributed by atoms with Gasteiger partial charge in [-0.3, -0.25) is 9.48 Å². The number of rotatable bonds is 4. The normalized spacial score (nSPS) is 18.5. The maximum absolute atomic E-state index is 12.7. The van der Waals surface area contributed by atoms with Crippen LogP contribution in [0.3, 0.4) is 0 Å². The summed E-state index contributed by atoms with van der Waals surface area (Å²) in [5, 5.41) is 4.26. The molecule has 0 saturated carbocycles. The first-order valence-corrected chi connectivity index (χ1v) is 9.31. The molecular formula is C16H20N4O3S. The third-order valence-electron chi connectivity index (χ3n) is 4.26. The largest absolute Gasteiger partial charge is 0.337 e. The van der Waals surface area contributed by atoms with Gasteiger partial charge in [0.2, 0.25) is 10.0 Å². The Bertz CT molecular complexity index is 800. The van der Waals surface area contributed by atoms with Crippen molar-refractivity contribution in [1.29, 1.82) is 0 Å². The van der Waals surface area contributed by atoms with Crippen LogP contribution in [0.5, 0.6) is 0 Å². The Morgan fingerprint density at radius 2 is 2.04 bits per heavy atom. The van der Waals surface area contributed by atoms with Crippen LogP contribution in [-0.4, -0.2) is 49.1 Å². The molecule has 1 aromatic carbocycles. The van der Waals surface area contributed by atoms with Crippen molar-refractivity contribution in [2.24, 2.45) is 0 Å². The van der Waals surface area contributed by atoms with Crippen LogP contribution in [0.2, 0.25) is 0 Å². The number of amides is 1. The number of carbonyl (C=O) groups is 1. The van der Waals surface area contributed by atoms with E-state index in [0.717, 1.165) is 12.8 Å². The number of piperidine rings is 1. The van der Waals surface area contributed by atoms with Crippen molar-refractivity contribution in [3.63, 3.8) is 0 Å². The van der Waals surface area contributed by atoms with Gasteiger partial charge in [0.05, 0.1) is 10.9 Å². The Morgan fingerprint density at radius 3 is 2.67 bits per heavy atom. The van der Waals surface area contributed by atoms with Gasteiger partial charge in [-0.2, -0.15) is 5.10 Å². The second-order valence-electron chi connectivity index (χ2n) is 5.77. The van der Waals surface area contributed by atoms with E-state index in [9.17, 15) is 13.2 Å². The van der Waals surface area contributed by atoms with E-state index in [0.29, 0.717) is 18.7 Å². The van der Waals surface area contributed by atoms with E-state index in [-0.39, 0.29) is 16.8 Å². The fourth-order valence-electron chi connectivity index (χ4n) is 2.93. The molecule has 1 atom stereocenters. The summed E-state index contributed by atoms with van der Waals surface area (Å²) in [7, 11) is -2.13. The van der Waals surface area contributed by atoms with Crippen LogP contribution in [0.1, 0.15) is 29.2 Å². The molecule has 128 valence electrons. The lowest BCUT2D eigenvalue weighted by molar-refractivity contribution is 0.0673. The molecule has 0 spiro atoms. The molecule has 3 rings (SSSR count). The molecule has 0 unspecified atom stereocenters. The number of sulfonamides is 1. The highest BCUT2D eigenvalue weighted by Crippen LogP contribution is 2.22. The van der Waals surface area contributed by atoms with Gasteiger partial charge in [-0.15, -0.1) is 0 Å². The number of hydrogen-bond donors (Lipinski definition) is 1. The highest BCUT2D eigenvalue weighted by Gasteiger charge is 2.26. The summed E-state index contributed by atoms with van der Waals surface area (Å²) in [6, 6.07) is 8.08. The minimum absolute atomic E-state index is 0.0831. The van der Waals surface area contributed by atoms with Gasteiger partial charge in [0.15, 0.2) is 0 Å². The quantitative estimate of drug-likeness (QED) is 0.902. The van der Waals surface area contributed by atoms with Gasteiger partial charge in [0, 0.05) is 31.0 Å². The van der Waals surface area contributed by atoms with Crippen molar-refractivity contribution < 1.29 is 13.2 Å². The number of aromatic nitrogens is 2. The predicted molar refractivity (Wildman–Crippen MR) is 89.1 cm³/mol. The van der Waals surface area contributed by atoms with E-state index in [2.05, 4.69) is 9.82 Å². The summed E-state index contributed by atoms with van der Waals surface area (Å²) in [5.41, 5.74) is 0.492. The molecule has 1 amide bonds. The van der Waals surface area contributed by atoms with Crippen molar-refractivity contribution in [1.82, 2.24) is 19.4 Å². The van der Waals surface area contributed by atoms with Gasteiger partial charge in [-0.05, 0) is 50.2 Å². The number of nitrogens with one attached hydrogen (secondary N) is 1. The first-order valence-electron chi connectivity index (χ1n) is 7.83. The molecule has 1 aliphatic heterocycles. The molecule has 1 N–H and O–H groups in total. The predicted octanol–water partition coefficient (Wildman–Crippen LogP) is 1.27. The number of likely N-dealkylation sites (tertiary alicyclic amines) is 1. The summed E-state index contributed by atoms with van der Waals surface area (Å²) >= 11 is 0. The topological polar surface area (TPSA) is 84.3 Å². The van der Waals surface area contributed by atoms with E-state index in [1.807, 2.05) is 16.9 Å². The van der Waals surface area contributed by atoms with Gasteiger partial charge in [-0.25, -0.2) is 13.1 Å². The highest BCUT2D eigenvalue weighted by molar-refractivity contribution is 7.89. The highest BCUT2D eigenvalue weighted by atomic mass is 32.2. The van der Waals surface area contributed by atoms with Crippen LogP contribution in [0.25, 0.3) is 0 Å². The SMILES string of the molecule is CNS(=O)(=O)c1ccc(C(=O)N2CCC[C@@H](n3cccn3)C2)cc1. The fraction of sp³-hybridized carbons (Fsp3) is 0.375. The lowest BCUT2D eigenvalue weighted by Gasteiger charge is -2.33. The molecule has 0 aliphatic carbocycles. The van der Waals surface area contributed by atoms with Crippen LogP contribution >= 0.6 is 0 Å². The number of nitrogens with zero attached hydrogens (tertiary/aromatic N) is 3. The maximum Gasteiger partial charge on any atom is 0.253 e. The van der Waals surface area contributed by atoms with Crippen LogP contribution in [0, 0.1) is 0 Å². The van der Waals surface area contributed by atoms with Gasteiger partial charge in [-0.1, -0.05) is 0 Å². The molecule has 1 aliphatic rings. The monoisotopic (exact) mass is 348 g/mol. The Hall–Kier alpha value is -2.19. The summed E-state index contributed by atoms with van der Waals surface area (Å²) < 4.78 is 27.6. The lowest BCUT2D eigenvalue weighted by atomic mass is 10.0. The van der Waals surface area contributed by atoms with E-state index in [1.54, 1.807) is 23.2 Å². The van der Waals surface area contributed by atoms with Crippen molar-refractivity contribution >= 4 is 15.9 Å². The summed E-state index contributed by atoms with van der Waals surface area (Å²) in [5.74, 6) is -0.0831. The van der Waals surface area contributed by atoms with Gasteiger partial charge in [0.1, 0.15) is 0 Å². The summed E-state index contributed by atoms with van der Waals surface area (Å²) in [4.78, 5) is 14.6. The maximum atomic E-state index is 12.7. The molecule has 1 aromatic heterocycles. The van der Waals surface area contributed by atoms with Crippen LogP contribution in [-0.2, 0) is 10.0 Å². The lowest BCUT2D eigenvalue weighted by Crippen LogP contribution is -2.40. The molecular weight excluding hydrogens is 328 g/mol. The Morgan fingerprint density at radius 1 is 1.29 bits per heavy atom. The smallest absolute Gasteiger partial charge is 0.253 e. The van der Waals surface area contributed by atoms with E-state index < -0.39 is 10.0 Å². The third-order valence-corrected chi connectivity index (χ3v) is 5.69. The van der Waals surface area contributed by atoms with Gasteiger partial charge in [0.25, 0.3) is 5.91 Å². The molecule has 2 aromatic rings. The third kappa shape index (κ3) is 3.34. The fourth-order valence-corrected chi connectivity index (χ4v) is 3.66. The molecule has 1 saturated heterocycles.